The number of rotatable bonds is 3. The average molecular weight is 315 g/mol. The number of piperazine rings is 1. The van der Waals surface area contributed by atoms with Crippen molar-refractivity contribution in [2.75, 3.05) is 22.9 Å². The highest BCUT2D eigenvalue weighted by molar-refractivity contribution is 5.92. The first kappa shape index (κ1) is 13.9. The topological polar surface area (TPSA) is 81.6 Å². The molecule has 118 valence electrons. The van der Waals surface area contributed by atoms with Gasteiger partial charge in [0, 0.05) is 31.2 Å². The maximum Gasteiger partial charge on any atom is 0.277 e. The Morgan fingerprint density at radius 1 is 1.22 bits per heavy atom. The third-order valence-electron chi connectivity index (χ3n) is 4.41. The van der Waals surface area contributed by atoms with Crippen LogP contribution < -0.4 is 15.3 Å². The maximum absolute atomic E-state index is 13.3. The van der Waals surface area contributed by atoms with E-state index in [0.717, 1.165) is 18.8 Å². The third kappa shape index (κ3) is 2.18. The Morgan fingerprint density at radius 2 is 1.91 bits per heavy atom. The van der Waals surface area contributed by atoms with E-state index < -0.39 is 5.91 Å². The van der Waals surface area contributed by atoms with Crippen molar-refractivity contribution < 1.29 is 14.4 Å². The molecule has 7 nitrogen and oxygen atoms in total. The summed E-state index contributed by atoms with van der Waals surface area (Å²) in [4.78, 5) is 23.8. The summed E-state index contributed by atoms with van der Waals surface area (Å²) in [5, 5.41) is 8.57. The molecule has 1 unspecified atom stereocenters. The molecule has 0 bridgehead atoms. The Hall–Kier alpha value is -2.74. The minimum atomic E-state index is -0.640. The average Bonchev–Trinajstić information content (AvgIpc) is 2.56. The second-order valence-corrected chi connectivity index (χ2v) is 5.63. The van der Waals surface area contributed by atoms with Crippen LogP contribution in [0.25, 0.3) is 0 Å². The van der Waals surface area contributed by atoms with E-state index in [1.807, 2.05) is 6.07 Å². The van der Waals surface area contributed by atoms with Gasteiger partial charge >= 0.3 is 0 Å². The fraction of sp³-hybridized carbons (Fsp3) is 0.267. The number of hydrogen-bond acceptors (Lipinski definition) is 6. The number of hydrogen-bond donors (Lipinski definition) is 2. The second kappa shape index (κ2) is 5.17. The SMILES string of the molecule is O=C(NO)c1cnc(N2CC3[C@H]2CN3c2cccc(F)c2)nc1. The van der Waals surface area contributed by atoms with Crippen molar-refractivity contribution in [3.8, 4) is 0 Å². The van der Waals surface area contributed by atoms with Crippen molar-refractivity contribution in [3.63, 3.8) is 0 Å². The molecule has 2 fully saturated rings. The smallest absolute Gasteiger partial charge is 0.277 e. The first-order valence-electron chi connectivity index (χ1n) is 7.22. The number of anilines is 2. The van der Waals surface area contributed by atoms with Gasteiger partial charge in [0.25, 0.3) is 5.91 Å². The number of hydroxylamine groups is 1. The number of carbonyl (C=O) groups excluding carboxylic acids is 1. The molecule has 8 heteroatoms. The molecule has 23 heavy (non-hydrogen) atoms. The van der Waals surface area contributed by atoms with Crippen LogP contribution in [-0.2, 0) is 0 Å². The van der Waals surface area contributed by atoms with Gasteiger partial charge in [0.2, 0.25) is 5.95 Å². The standard InChI is InChI=1S/C15H14FN5O2/c16-10-2-1-3-11(4-10)20-7-13-12(20)8-21(13)15-17-5-9(6-18-15)14(22)19-23/h1-6,12-13,23H,7-8H2,(H,19,22)/t12?,13-/m1/s1. The number of amides is 1. The minimum absolute atomic E-state index is 0.198. The van der Waals surface area contributed by atoms with E-state index in [9.17, 15) is 9.18 Å². The summed E-state index contributed by atoms with van der Waals surface area (Å²) in [5.74, 6) is -0.318. The van der Waals surface area contributed by atoms with Crippen molar-refractivity contribution >= 4 is 17.5 Å². The van der Waals surface area contributed by atoms with Crippen LogP contribution in [0.5, 0.6) is 0 Å². The summed E-state index contributed by atoms with van der Waals surface area (Å²) in [7, 11) is 0. The minimum Gasteiger partial charge on any atom is -0.362 e. The number of benzene rings is 1. The molecule has 0 saturated carbocycles. The molecule has 1 amide bonds. The van der Waals surface area contributed by atoms with Crippen LogP contribution in [0.3, 0.4) is 0 Å². The number of halogens is 1. The molecule has 1 aromatic carbocycles. The van der Waals surface area contributed by atoms with Gasteiger partial charge in [-0.1, -0.05) is 6.07 Å². The van der Waals surface area contributed by atoms with E-state index in [1.165, 1.54) is 24.5 Å². The zero-order valence-corrected chi connectivity index (χ0v) is 12.1. The Bertz CT molecular complexity index is 754. The molecule has 2 atom stereocenters. The van der Waals surface area contributed by atoms with Gasteiger partial charge in [-0.2, -0.15) is 0 Å². The lowest BCUT2D eigenvalue weighted by atomic mass is 9.85. The monoisotopic (exact) mass is 315 g/mol. The first-order valence-corrected chi connectivity index (χ1v) is 7.22. The van der Waals surface area contributed by atoms with E-state index in [4.69, 9.17) is 5.21 Å². The summed E-state index contributed by atoms with van der Waals surface area (Å²) in [6, 6.07) is 7.23. The zero-order chi connectivity index (χ0) is 16.0. The third-order valence-corrected chi connectivity index (χ3v) is 4.41. The van der Waals surface area contributed by atoms with E-state index in [1.54, 1.807) is 11.5 Å². The molecule has 0 spiro atoms. The number of nitrogens with one attached hydrogen (secondary N) is 1. The highest BCUT2D eigenvalue weighted by Crippen LogP contribution is 2.38. The Labute approximate surface area is 131 Å². The van der Waals surface area contributed by atoms with Crippen LogP contribution in [0.1, 0.15) is 10.4 Å². The quantitative estimate of drug-likeness (QED) is 0.644. The lowest BCUT2D eigenvalue weighted by Crippen LogP contribution is -2.79. The Kier molecular flexibility index (Phi) is 3.12. The van der Waals surface area contributed by atoms with Crippen LogP contribution >= 0.6 is 0 Å². The van der Waals surface area contributed by atoms with Crippen LogP contribution in [0.2, 0.25) is 0 Å². The number of nitrogens with zero attached hydrogens (tertiary/aromatic N) is 4. The lowest BCUT2D eigenvalue weighted by Gasteiger charge is -2.62. The van der Waals surface area contributed by atoms with E-state index in [0.29, 0.717) is 18.0 Å². The number of carbonyl (C=O) groups is 1. The molecule has 3 heterocycles. The second-order valence-electron chi connectivity index (χ2n) is 5.63. The zero-order valence-electron chi connectivity index (χ0n) is 12.1. The number of aromatic nitrogens is 2. The van der Waals surface area contributed by atoms with Gasteiger partial charge in [-0.25, -0.2) is 19.8 Å². The fourth-order valence-corrected chi connectivity index (χ4v) is 3.09. The van der Waals surface area contributed by atoms with Gasteiger partial charge in [0.15, 0.2) is 0 Å². The van der Waals surface area contributed by atoms with Gasteiger partial charge in [-0.05, 0) is 18.2 Å². The van der Waals surface area contributed by atoms with Crippen molar-refractivity contribution in [2.45, 2.75) is 12.1 Å². The molecular formula is C15H14FN5O2. The van der Waals surface area contributed by atoms with Crippen molar-refractivity contribution in [3.05, 3.63) is 48.0 Å². The van der Waals surface area contributed by atoms with Crippen molar-refractivity contribution in [1.29, 1.82) is 0 Å². The van der Waals surface area contributed by atoms with Crippen LogP contribution in [0, 0.1) is 5.82 Å². The molecule has 0 aliphatic carbocycles. The van der Waals surface area contributed by atoms with Crippen LogP contribution in [0.4, 0.5) is 16.0 Å². The summed E-state index contributed by atoms with van der Waals surface area (Å²) < 4.78 is 13.3. The normalized spacial score (nSPS) is 22.0. The largest absolute Gasteiger partial charge is 0.362 e. The van der Waals surface area contributed by atoms with E-state index >= 15 is 0 Å². The molecule has 2 aliphatic heterocycles. The summed E-state index contributed by atoms with van der Waals surface area (Å²) in [6.45, 7) is 1.54. The molecule has 0 radical (unpaired) electrons. The Balaban J connectivity index is 1.43. The van der Waals surface area contributed by atoms with Gasteiger partial charge in [0.05, 0.1) is 17.6 Å². The molecule has 4 rings (SSSR count). The predicted octanol–water partition coefficient (Wildman–Crippen LogP) is 0.812. The maximum atomic E-state index is 13.3. The molecule has 1 aromatic heterocycles. The van der Waals surface area contributed by atoms with Gasteiger partial charge in [-0.15, -0.1) is 0 Å². The van der Waals surface area contributed by atoms with Crippen molar-refractivity contribution in [2.24, 2.45) is 0 Å². The highest BCUT2D eigenvalue weighted by Gasteiger charge is 2.52. The van der Waals surface area contributed by atoms with Crippen molar-refractivity contribution in [1.82, 2.24) is 15.4 Å². The summed E-state index contributed by atoms with van der Waals surface area (Å²) in [6.07, 6.45) is 2.76. The van der Waals surface area contributed by atoms with Crippen LogP contribution in [-0.4, -0.2) is 46.3 Å². The van der Waals surface area contributed by atoms with Gasteiger partial charge in [-0.3, -0.25) is 10.0 Å². The molecule has 2 saturated heterocycles. The predicted molar refractivity (Wildman–Crippen MR) is 80.0 cm³/mol. The first-order chi connectivity index (χ1) is 11.2. The van der Waals surface area contributed by atoms with E-state index in [-0.39, 0.29) is 11.4 Å². The molecule has 2 aliphatic rings. The lowest BCUT2D eigenvalue weighted by molar-refractivity contribution is 0.0705. The van der Waals surface area contributed by atoms with Crippen LogP contribution in [0.15, 0.2) is 36.7 Å². The summed E-state index contributed by atoms with van der Waals surface area (Å²) >= 11 is 0. The van der Waals surface area contributed by atoms with E-state index in [2.05, 4.69) is 19.8 Å². The molecular weight excluding hydrogens is 301 g/mol. The Morgan fingerprint density at radius 3 is 2.52 bits per heavy atom. The van der Waals surface area contributed by atoms with Gasteiger partial charge < -0.3 is 9.80 Å². The molecule has 2 N–H and O–H groups in total. The van der Waals surface area contributed by atoms with Gasteiger partial charge in [0.1, 0.15) is 5.82 Å². The fourth-order valence-electron chi connectivity index (χ4n) is 3.09. The number of fused-ring (bicyclic) bond motifs is 1. The highest BCUT2D eigenvalue weighted by atomic mass is 19.1. The molecule has 2 aromatic rings. The summed E-state index contributed by atoms with van der Waals surface area (Å²) in [5.41, 5.74) is 2.63.